The van der Waals surface area contributed by atoms with Crippen LogP contribution in [0.5, 0.6) is 0 Å². The molecule has 2 nitrogen and oxygen atoms in total. The Morgan fingerprint density at radius 3 is 2.56 bits per heavy atom. The van der Waals surface area contributed by atoms with Crippen LogP contribution in [0.4, 0.5) is 8.78 Å². The van der Waals surface area contributed by atoms with Crippen molar-refractivity contribution >= 4 is 15.9 Å². The van der Waals surface area contributed by atoms with Crippen LogP contribution < -0.4 is 0 Å². The minimum absolute atomic E-state index is 0.293. The van der Waals surface area contributed by atoms with Gasteiger partial charge in [-0.3, -0.25) is 0 Å². The van der Waals surface area contributed by atoms with Crippen molar-refractivity contribution in [2.45, 2.75) is 18.8 Å². The fourth-order valence-corrected chi connectivity index (χ4v) is 2.19. The summed E-state index contributed by atoms with van der Waals surface area (Å²) >= 11 is 3.30. The van der Waals surface area contributed by atoms with E-state index in [9.17, 15) is 8.78 Å². The molecule has 5 heteroatoms. The van der Waals surface area contributed by atoms with Gasteiger partial charge in [-0.15, -0.1) is 0 Å². The summed E-state index contributed by atoms with van der Waals surface area (Å²) < 4.78 is 27.2. The third kappa shape index (κ3) is 2.27. The molecule has 18 heavy (non-hydrogen) atoms. The molecule has 1 heterocycles. The first-order valence-corrected chi connectivity index (χ1v) is 6.42. The molecule has 2 aromatic rings. The molecule has 92 valence electrons. The molecule has 1 aliphatic carbocycles. The molecule has 0 amide bonds. The van der Waals surface area contributed by atoms with Crippen molar-refractivity contribution in [1.82, 2.24) is 9.97 Å². The second-order valence-corrected chi connectivity index (χ2v) is 5.15. The quantitative estimate of drug-likeness (QED) is 0.782. The number of benzene rings is 1. The van der Waals surface area contributed by atoms with Crippen LogP contribution in [0.1, 0.15) is 24.6 Å². The fourth-order valence-electron chi connectivity index (χ4n) is 1.79. The zero-order chi connectivity index (χ0) is 12.7. The van der Waals surface area contributed by atoms with Crippen molar-refractivity contribution in [2.75, 3.05) is 0 Å². The van der Waals surface area contributed by atoms with Gasteiger partial charge in [-0.05, 0) is 47.0 Å². The number of halogens is 3. The Balaban J connectivity index is 2.10. The number of hydrogen-bond acceptors (Lipinski definition) is 2. The van der Waals surface area contributed by atoms with Gasteiger partial charge in [0.25, 0.3) is 0 Å². The molecule has 0 atom stereocenters. The molecule has 1 fully saturated rings. The Morgan fingerprint density at radius 2 is 1.89 bits per heavy atom. The first kappa shape index (κ1) is 11.7. The highest BCUT2D eigenvalue weighted by molar-refractivity contribution is 9.10. The van der Waals surface area contributed by atoms with E-state index in [-0.39, 0.29) is 0 Å². The molecule has 1 aromatic heterocycles. The van der Waals surface area contributed by atoms with Gasteiger partial charge >= 0.3 is 0 Å². The Morgan fingerprint density at radius 1 is 1.11 bits per heavy atom. The van der Waals surface area contributed by atoms with Crippen molar-refractivity contribution in [3.63, 3.8) is 0 Å². The molecule has 0 bridgehead atoms. The summed E-state index contributed by atoms with van der Waals surface area (Å²) in [5.41, 5.74) is 0.776. The number of nitrogens with zero attached hydrogens (tertiary/aromatic N) is 2. The SMILES string of the molecule is Fc1ccc(-c2cc(Br)nc(C3CC3)n2)c(F)c1. The lowest BCUT2D eigenvalue weighted by atomic mass is 10.1. The Hall–Kier alpha value is -1.36. The van der Waals surface area contributed by atoms with Crippen molar-refractivity contribution in [3.05, 3.63) is 46.3 Å². The van der Waals surface area contributed by atoms with E-state index in [4.69, 9.17) is 0 Å². The van der Waals surface area contributed by atoms with Crippen LogP contribution in [0.25, 0.3) is 11.3 Å². The van der Waals surface area contributed by atoms with Gasteiger partial charge in [0.1, 0.15) is 22.1 Å². The maximum Gasteiger partial charge on any atom is 0.135 e. The zero-order valence-electron chi connectivity index (χ0n) is 9.33. The van der Waals surface area contributed by atoms with E-state index in [1.807, 2.05) is 0 Å². The van der Waals surface area contributed by atoms with Crippen LogP contribution in [0.2, 0.25) is 0 Å². The topological polar surface area (TPSA) is 25.8 Å². The zero-order valence-corrected chi connectivity index (χ0v) is 10.9. The lowest BCUT2D eigenvalue weighted by Gasteiger charge is -2.06. The second-order valence-electron chi connectivity index (χ2n) is 4.33. The summed E-state index contributed by atoms with van der Waals surface area (Å²) in [5, 5.41) is 0. The molecule has 3 rings (SSSR count). The summed E-state index contributed by atoms with van der Waals surface area (Å²) in [7, 11) is 0. The average molecular weight is 311 g/mol. The van der Waals surface area contributed by atoms with Crippen molar-refractivity contribution in [2.24, 2.45) is 0 Å². The highest BCUT2D eigenvalue weighted by atomic mass is 79.9. The predicted octanol–water partition coefficient (Wildman–Crippen LogP) is 4.06. The van der Waals surface area contributed by atoms with Crippen molar-refractivity contribution < 1.29 is 8.78 Å². The minimum atomic E-state index is -0.609. The third-order valence-electron chi connectivity index (χ3n) is 2.86. The summed E-state index contributed by atoms with van der Waals surface area (Å²) in [4.78, 5) is 8.63. The fraction of sp³-hybridized carbons (Fsp3) is 0.231. The molecule has 1 saturated carbocycles. The molecule has 0 unspecified atom stereocenters. The lowest BCUT2D eigenvalue weighted by molar-refractivity contribution is 0.585. The molecule has 1 aromatic carbocycles. The molecule has 0 radical (unpaired) electrons. The Labute approximate surface area is 111 Å². The predicted molar refractivity (Wildman–Crippen MR) is 67.1 cm³/mol. The van der Waals surface area contributed by atoms with Gasteiger partial charge in [-0.2, -0.15) is 0 Å². The van der Waals surface area contributed by atoms with Crippen LogP contribution in [0.3, 0.4) is 0 Å². The molecule has 0 saturated heterocycles. The van der Waals surface area contributed by atoms with E-state index in [1.165, 1.54) is 12.1 Å². The molecular weight excluding hydrogens is 302 g/mol. The maximum atomic E-state index is 13.7. The number of hydrogen-bond donors (Lipinski definition) is 0. The van der Waals surface area contributed by atoms with Gasteiger partial charge in [-0.25, -0.2) is 18.7 Å². The van der Waals surface area contributed by atoms with E-state index in [1.54, 1.807) is 6.07 Å². The lowest BCUT2D eigenvalue weighted by Crippen LogP contribution is -1.97. The first-order chi connectivity index (χ1) is 8.63. The van der Waals surface area contributed by atoms with Crippen LogP contribution in [-0.4, -0.2) is 9.97 Å². The van der Waals surface area contributed by atoms with Crippen LogP contribution >= 0.6 is 15.9 Å². The van der Waals surface area contributed by atoms with Crippen LogP contribution in [0.15, 0.2) is 28.9 Å². The van der Waals surface area contributed by atoms with E-state index < -0.39 is 11.6 Å². The number of aromatic nitrogens is 2. The van der Waals surface area contributed by atoms with Crippen LogP contribution in [0, 0.1) is 11.6 Å². The largest absolute Gasteiger partial charge is 0.232 e. The normalized spacial score (nSPS) is 14.8. The molecule has 0 N–H and O–H groups in total. The monoisotopic (exact) mass is 310 g/mol. The van der Waals surface area contributed by atoms with E-state index in [2.05, 4.69) is 25.9 Å². The molecular formula is C13H9BrF2N2. The third-order valence-corrected chi connectivity index (χ3v) is 3.27. The van der Waals surface area contributed by atoms with Crippen LogP contribution in [-0.2, 0) is 0 Å². The second kappa shape index (κ2) is 4.39. The Kier molecular flexibility index (Phi) is 2.86. The standard InChI is InChI=1S/C13H9BrF2N2/c14-12-6-11(17-13(18-12)7-1-2-7)9-4-3-8(15)5-10(9)16/h3-7H,1-2H2. The van der Waals surface area contributed by atoms with Gasteiger partial charge < -0.3 is 0 Å². The number of rotatable bonds is 2. The van der Waals surface area contributed by atoms with Gasteiger partial charge in [0.2, 0.25) is 0 Å². The summed E-state index contributed by atoms with van der Waals surface area (Å²) in [6, 6.07) is 5.13. The van der Waals surface area contributed by atoms with Gasteiger partial charge in [-0.1, -0.05) is 0 Å². The van der Waals surface area contributed by atoms with Crippen molar-refractivity contribution in [3.8, 4) is 11.3 Å². The van der Waals surface area contributed by atoms with Gasteiger partial charge in [0.05, 0.1) is 5.69 Å². The molecule has 0 aliphatic heterocycles. The summed E-state index contributed by atoms with van der Waals surface area (Å²) in [6.07, 6.45) is 2.14. The summed E-state index contributed by atoms with van der Waals surface area (Å²) in [6.45, 7) is 0. The minimum Gasteiger partial charge on any atom is -0.232 e. The highest BCUT2D eigenvalue weighted by Crippen LogP contribution is 2.39. The Bertz CT molecular complexity index is 612. The molecule has 0 spiro atoms. The van der Waals surface area contributed by atoms with Gasteiger partial charge in [0, 0.05) is 17.5 Å². The van der Waals surface area contributed by atoms with E-state index >= 15 is 0 Å². The van der Waals surface area contributed by atoms with Gasteiger partial charge in [0.15, 0.2) is 0 Å². The average Bonchev–Trinajstić information content (AvgIpc) is 3.11. The van der Waals surface area contributed by atoms with E-state index in [0.29, 0.717) is 21.8 Å². The van der Waals surface area contributed by atoms with Crippen molar-refractivity contribution in [1.29, 1.82) is 0 Å². The first-order valence-electron chi connectivity index (χ1n) is 5.63. The smallest absolute Gasteiger partial charge is 0.135 e. The highest BCUT2D eigenvalue weighted by Gasteiger charge is 2.27. The molecule has 1 aliphatic rings. The van der Waals surface area contributed by atoms with E-state index in [0.717, 1.165) is 24.7 Å². The maximum absolute atomic E-state index is 13.7. The summed E-state index contributed by atoms with van der Waals surface area (Å²) in [5.74, 6) is -0.0954.